The Labute approximate surface area is 236 Å². The topological polar surface area (TPSA) is 137 Å². The summed E-state index contributed by atoms with van der Waals surface area (Å²) in [5.74, 6) is -1.14. The number of rotatable bonds is 9. The van der Waals surface area contributed by atoms with Gasteiger partial charge in [-0.15, -0.1) is 11.8 Å². The van der Waals surface area contributed by atoms with Crippen molar-refractivity contribution in [3.8, 4) is 0 Å². The fourth-order valence-electron chi connectivity index (χ4n) is 4.02. The SMILES string of the molecule is CC(C)[C@H](NC(=O)OC(C)(C)C)C(=O)N[C@@H](Cc1ccccc1)[C@H](O)C(=O)N1CSC[C@H]1C(=O)NC(C)(C)C. The van der Waals surface area contributed by atoms with Crippen LogP contribution in [0.3, 0.4) is 0 Å². The van der Waals surface area contributed by atoms with E-state index in [1.807, 2.05) is 51.1 Å². The van der Waals surface area contributed by atoms with Crippen LogP contribution in [0.5, 0.6) is 0 Å². The van der Waals surface area contributed by atoms with Crippen LogP contribution >= 0.6 is 11.8 Å². The summed E-state index contributed by atoms with van der Waals surface area (Å²) < 4.78 is 5.31. The first kappa shape index (κ1) is 32.4. The number of thioether (sulfide) groups is 1. The number of ether oxygens (including phenoxy) is 1. The van der Waals surface area contributed by atoms with Crippen molar-refractivity contribution >= 4 is 35.6 Å². The number of hydrogen-bond donors (Lipinski definition) is 4. The van der Waals surface area contributed by atoms with Gasteiger partial charge in [0.25, 0.3) is 5.91 Å². The molecule has 10 nitrogen and oxygen atoms in total. The molecule has 39 heavy (non-hydrogen) atoms. The number of carbonyl (C=O) groups excluding carboxylic acids is 4. The maximum atomic E-state index is 13.5. The standard InChI is InChI=1S/C28H44N4O6S/c1-17(2)21(30-26(37)38-28(6,7)8)24(35)29-19(14-18-12-10-9-11-13-18)22(33)25(36)32-16-39-15-20(32)23(34)31-27(3,4)5/h9-13,17,19-22,33H,14-16H2,1-8H3,(H,29,35)(H,30,37)(H,31,34)/t19-,20-,21-,22-/m0/s1. The first-order chi connectivity index (χ1) is 18.0. The van der Waals surface area contributed by atoms with E-state index in [-0.39, 0.29) is 24.1 Å². The van der Waals surface area contributed by atoms with E-state index in [2.05, 4.69) is 16.0 Å². The monoisotopic (exact) mass is 564 g/mol. The second kappa shape index (κ2) is 13.5. The average Bonchev–Trinajstić information content (AvgIpc) is 3.29. The van der Waals surface area contributed by atoms with Crippen LogP contribution in [0.2, 0.25) is 0 Å². The molecule has 0 spiro atoms. The lowest BCUT2D eigenvalue weighted by atomic mass is 9.97. The highest BCUT2D eigenvalue weighted by Gasteiger charge is 2.41. The molecule has 4 amide bonds. The average molecular weight is 565 g/mol. The number of nitrogens with one attached hydrogen (secondary N) is 3. The molecular formula is C28H44N4O6S. The number of carbonyl (C=O) groups is 4. The van der Waals surface area contributed by atoms with Crippen molar-refractivity contribution in [2.24, 2.45) is 5.92 Å². The quantitative estimate of drug-likeness (QED) is 0.362. The maximum Gasteiger partial charge on any atom is 0.408 e. The molecule has 4 N–H and O–H groups in total. The molecule has 0 unspecified atom stereocenters. The normalized spacial score (nSPS) is 18.2. The van der Waals surface area contributed by atoms with E-state index in [1.165, 1.54) is 16.7 Å². The molecule has 1 aliphatic rings. The predicted molar refractivity (Wildman–Crippen MR) is 152 cm³/mol. The molecule has 4 atom stereocenters. The molecule has 1 fully saturated rings. The van der Waals surface area contributed by atoms with Gasteiger partial charge in [0.15, 0.2) is 6.10 Å². The van der Waals surface area contributed by atoms with E-state index in [1.54, 1.807) is 34.6 Å². The number of aliphatic hydroxyl groups is 1. The lowest BCUT2D eigenvalue weighted by molar-refractivity contribution is -0.147. The van der Waals surface area contributed by atoms with Gasteiger partial charge >= 0.3 is 6.09 Å². The van der Waals surface area contributed by atoms with E-state index in [0.717, 1.165) is 5.56 Å². The molecule has 1 saturated heterocycles. The van der Waals surface area contributed by atoms with Gasteiger partial charge in [-0.3, -0.25) is 14.4 Å². The zero-order chi connectivity index (χ0) is 29.5. The minimum atomic E-state index is -1.62. The van der Waals surface area contributed by atoms with Gasteiger partial charge in [-0.1, -0.05) is 44.2 Å². The van der Waals surface area contributed by atoms with E-state index in [0.29, 0.717) is 5.75 Å². The van der Waals surface area contributed by atoms with Crippen molar-refractivity contribution in [2.75, 3.05) is 11.6 Å². The number of nitrogens with zero attached hydrogens (tertiary/aromatic N) is 1. The molecule has 11 heteroatoms. The second-order valence-electron chi connectivity index (χ2n) is 12.2. The number of benzene rings is 1. The lowest BCUT2D eigenvalue weighted by Crippen LogP contribution is -2.60. The molecule has 0 aromatic heterocycles. The zero-order valence-corrected chi connectivity index (χ0v) is 25.1. The Morgan fingerprint density at radius 2 is 1.67 bits per heavy atom. The van der Waals surface area contributed by atoms with Crippen LogP contribution in [-0.4, -0.2) is 80.8 Å². The third-order valence-corrected chi connectivity index (χ3v) is 6.86. The van der Waals surface area contributed by atoms with Crippen molar-refractivity contribution in [1.29, 1.82) is 0 Å². The summed E-state index contributed by atoms with van der Waals surface area (Å²) in [6.45, 7) is 14.3. The minimum Gasteiger partial charge on any atom is -0.444 e. The molecule has 0 radical (unpaired) electrons. The minimum absolute atomic E-state index is 0.163. The third-order valence-electron chi connectivity index (χ3n) is 5.85. The van der Waals surface area contributed by atoms with E-state index in [9.17, 15) is 24.3 Å². The Balaban J connectivity index is 2.26. The van der Waals surface area contributed by atoms with E-state index < -0.39 is 53.3 Å². The fraction of sp³-hybridized carbons (Fsp3) is 0.643. The summed E-state index contributed by atoms with van der Waals surface area (Å²) in [5, 5.41) is 19.6. The maximum absolute atomic E-state index is 13.5. The van der Waals surface area contributed by atoms with Crippen LogP contribution in [0.15, 0.2) is 30.3 Å². The van der Waals surface area contributed by atoms with Crippen LogP contribution < -0.4 is 16.0 Å². The van der Waals surface area contributed by atoms with Crippen molar-refractivity contribution in [3.05, 3.63) is 35.9 Å². The molecule has 1 heterocycles. The van der Waals surface area contributed by atoms with Crippen LogP contribution in [0, 0.1) is 5.92 Å². The summed E-state index contributed by atoms with van der Waals surface area (Å²) in [6, 6.07) is 6.46. The summed E-state index contributed by atoms with van der Waals surface area (Å²) in [4.78, 5) is 53.5. The van der Waals surface area contributed by atoms with Crippen LogP contribution in [0.25, 0.3) is 0 Å². The Bertz CT molecular complexity index is 1010. The predicted octanol–water partition coefficient (Wildman–Crippen LogP) is 2.44. The zero-order valence-electron chi connectivity index (χ0n) is 24.2. The number of aliphatic hydroxyl groups excluding tert-OH is 1. The molecular weight excluding hydrogens is 520 g/mol. The third kappa shape index (κ3) is 10.4. The fourth-order valence-corrected chi connectivity index (χ4v) is 5.19. The molecule has 1 aliphatic heterocycles. The van der Waals surface area contributed by atoms with Crippen molar-refractivity contribution in [1.82, 2.24) is 20.9 Å². The molecule has 1 aromatic rings. The van der Waals surface area contributed by atoms with Gasteiger partial charge in [0.1, 0.15) is 17.7 Å². The van der Waals surface area contributed by atoms with E-state index in [4.69, 9.17) is 4.74 Å². The first-order valence-electron chi connectivity index (χ1n) is 13.2. The van der Waals surface area contributed by atoms with Gasteiger partial charge in [-0.25, -0.2) is 4.79 Å². The number of amides is 4. The summed E-state index contributed by atoms with van der Waals surface area (Å²) in [6.07, 6.45) is -2.20. The van der Waals surface area contributed by atoms with Crippen LogP contribution in [-0.2, 0) is 25.5 Å². The smallest absolute Gasteiger partial charge is 0.408 e. The number of alkyl carbamates (subject to hydrolysis) is 1. The Hall–Kier alpha value is -2.79. The van der Waals surface area contributed by atoms with Crippen LogP contribution in [0.4, 0.5) is 4.79 Å². The van der Waals surface area contributed by atoms with Gasteiger partial charge in [0.05, 0.1) is 11.9 Å². The van der Waals surface area contributed by atoms with Crippen molar-refractivity contribution in [3.63, 3.8) is 0 Å². The Morgan fingerprint density at radius 3 is 2.21 bits per heavy atom. The lowest BCUT2D eigenvalue weighted by Gasteiger charge is -2.32. The summed E-state index contributed by atoms with van der Waals surface area (Å²) >= 11 is 1.42. The van der Waals surface area contributed by atoms with Gasteiger partial charge in [0.2, 0.25) is 11.8 Å². The molecule has 0 bridgehead atoms. The summed E-state index contributed by atoms with van der Waals surface area (Å²) in [7, 11) is 0. The van der Waals surface area contributed by atoms with Gasteiger partial charge < -0.3 is 30.7 Å². The highest BCUT2D eigenvalue weighted by Crippen LogP contribution is 2.24. The Morgan fingerprint density at radius 1 is 1.05 bits per heavy atom. The second-order valence-corrected chi connectivity index (χ2v) is 13.2. The molecule has 218 valence electrons. The molecule has 0 aliphatic carbocycles. The number of hydrogen-bond acceptors (Lipinski definition) is 7. The van der Waals surface area contributed by atoms with Crippen LogP contribution in [0.1, 0.15) is 61.0 Å². The van der Waals surface area contributed by atoms with Crippen molar-refractivity contribution in [2.45, 2.75) is 97.2 Å². The van der Waals surface area contributed by atoms with Gasteiger partial charge in [-0.2, -0.15) is 0 Å². The van der Waals surface area contributed by atoms with E-state index >= 15 is 0 Å². The Kier molecular flexibility index (Phi) is 11.2. The summed E-state index contributed by atoms with van der Waals surface area (Å²) in [5.41, 5.74) is -0.424. The highest BCUT2D eigenvalue weighted by molar-refractivity contribution is 7.99. The van der Waals surface area contributed by atoms with Gasteiger partial charge in [-0.05, 0) is 59.4 Å². The molecule has 0 saturated carbocycles. The first-order valence-corrected chi connectivity index (χ1v) is 14.4. The van der Waals surface area contributed by atoms with Gasteiger partial charge in [0, 0.05) is 11.3 Å². The highest BCUT2D eigenvalue weighted by atomic mass is 32.2. The molecule has 2 rings (SSSR count). The largest absolute Gasteiger partial charge is 0.444 e. The van der Waals surface area contributed by atoms with Crippen molar-refractivity contribution < 1.29 is 29.0 Å². The molecule has 1 aromatic carbocycles.